The molecule has 1 aromatic heterocycles. The van der Waals surface area contributed by atoms with Crippen LogP contribution in [0.4, 0.5) is 9.59 Å². The highest BCUT2D eigenvalue weighted by Crippen LogP contribution is 2.27. The molecule has 1 rings (SSSR count). The minimum atomic E-state index is -0.651. The molecule has 0 aliphatic heterocycles. The highest BCUT2D eigenvalue weighted by molar-refractivity contribution is 8.03. The van der Waals surface area contributed by atoms with E-state index in [0.717, 1.165) is 8.68 Å². The van der Waals surface area contributed by atoms with Crippen LogP contribution in [0.15, 0.2) is 8.68 Å². The third kappa shape index (κ3) is 7.68. The molecule has 106 valence electrons. The van der Waals surface area contributed by atoms with E-state index in [1.807, 2.05) is 0 Å². The van der Waals surface area contributed by atoms with Crippen LogP contribution in [0.5, 0.6) is 0 Å². The van der Waals surface area contributed by atoms with Crippen LogP contribution in [0.3, 0.4) is 0 Å². The largest absolute Gasteiger partial charge is 0.351 e. The molecule has 8 N–H and O–H groups in total. The van der Waals surface area contributed by atoms with Crippen molar-refractivity contribution in [2.45, 2.75) is 8.68 Å². The fourth-order valence-electron chi connectivity index (χ4n) is 0.756. The van der Waals surface area contributed by atoms with Crippen molar-refractivity contribution in [3.05, 3.63) is 0 Å². The van der Waals surface area contributed by atoms with Gasteiger partial charge in [-0.15, -0.1) is 10.2 Å². The zero-order valence-electron chi connectivity index (χ0n) is 9.50. The van der Waals surface area contributed by atoms with Crippen LogP contribution in [0, 0.1) is 0 Å². The number of primary amides is 2. The summed E-state index contributed by atoms with van der Waals surface area (Å²) in [5.41, 5.74) is 19.4. The van der Waals surface area contributed by atoms with Crippen LogP contribution in [0.1, 0.15) is 0 Å². The monoisotopic (exact) mass is 324 g/mol. The van der Waals surface area contributed by atoms with Gasteiger partial charge in [0, 0.05) is 0 Å². The summed E-state index contributed by atoms with van der Waals surface area (Å²) in [5.74, 6) is 0.841. The van der Waals surface area contributed by atoms with Crippen molar-refractivity contribution < 1.29 is 9.59 Å². The molecule has 0 radical (unpaired) electrons. The Morgan fingerprint density at radius 1 is 1.00 bits per heavy atom. The number of rotatable bonds is 8. The molecule has 0 unspecified atom stereocenters. The lowest BCUT2D eigenvalue weighted by Crippen LogP contribution is -2.40. The van der Waals surface area contributed by atoms with Crippen LogP contribution in [0.25, 0.3) is 0 Å². The lowest BCUT2D eigenvalue weighted by atomic mass is 11.1. The van der Waals surface area contributed by atoms with Crippen molar-refractivity contribution in [3.63, 3.8) is 0 Å². The second kappa shape index (κ2) is 8.76. The molecule has 1 heterocycles. The minimum Gasteiger partial charge on any atom is -0.351 e. The topological polar surface area (TPSA) is 160 Å². The first-order valence-electron chi connectivity index (χ1n) is 4.73. The summed E-state index contributed by atoms with van der Waals surface area (Å²) in [6, 6.07) is -1.30. The number of urea groups is 2. The summed E-state index contributed by atoms with van der Waals surface area (Å²) in [7, 11) is 0. The Balaban J connectivity index is 2.17. The number of carbonyl (C=O) groups excluding carboxylic acids is 2. The zero-order chi connectivity index (χ0) is 14.1. The van der Waals surface area contributed by atoms with Crippen molar-refractivity contribution in [2.24, 2.45) is 11.5 Å². The van der Waals surface area contributed by atoms with E-state index in [1.165, 1.54) is 34.9 Å². The van der Waals surface area contributed by atoms with Crippen molar-refractivity contribution in [1.82, 2.24) is 31.9 Å². The molecule has 10 nitrogen and oxygen atoms in total. The summed E-state index contributed by atoms with van der Waals surface area (Å²) in [6.07, 6.45) is 0. The van der Waals surface area contributed by atoms with Crippen LogP contribution >= 0.6 is 34.9 Å². The standard InChI is InChI=1S/C6H12N8O2S3/c7-3(15)11-9-1-17-5-13-14-6(19-5)18-2-10-12-4(8)16/h9-10H,1-2H2,(H3,7,11,15)(H3,8,12,16). The molecule has 19 heavy (non-hydrogen) atoms. The summed E-state index contributed by atoms with van der Waals surface area (Å²) in [6.45, 7) is 0. The van der Waals surface area contributed by atoms with Gasteiger partial charge < -0.3 is 11.5 Å². The predicted molar refractivity (Wildman–Crippen MR) is 73.1 cm³/mol. The Labute approximate surface area is 120 Å². The molecule has 13 heteroatoms. The molecule has 0 saturated carbocycles. The first-order valence-corrected chi connectivity index (χ1v) is 7.52. The quantitative estimate of drug-likeness (QED) is 0.153. The molecule has 0 aliphatic carbocycles. The molecular formula is C6H12N8O2S3. The third-order valence-corrected chi connectivity index (χ3v) is 4.30. The Hall–Kier alpha value is -1.28. The van der Waals surface area contributed by atoms with Gasteiger partial charge in [-0.3, -0.25) is 10.9 Å². The number of amides is 4. The predicted octanol–water partition coefficient (Wildman–Crippen LogP) is -1.02. The van der Waals surface area contributed by atoms with Gasteiger partial charge in [0.15, 0.2) is 8.68 Å². The van der Waals surface area contributed by atoms with Crippen LogP contribution in [-0.2, 0) is 0 Å². The average Bonchev–Trinajstić information content (AvgIpc) is 2.78. The van der Waals surface area contributed by atoms with Crippen molar-refractivity contribution >= 4 is 46.9 Å². The van der Waals surface area contributed by atoms with Crippen LogP contribution < -0.4 is 33.2 Å². The molecule has 1 aromatic rings. The molecule has 0 spiro atoms. The highest BCUT2D eigenvalue weighted by Gasteiger charge is 2.05. The maximum absolute atomic E-state index is 10.4. The number of nitrogens with two attached hydrogens (primary N) is 2. The molecule has 0 saturated heterocycles. The number of hydrazine groups is 2. The number of carbonyl (C=O) groups is 2. The molecular weight excluding hydrogens is 312 g/mol. The second-order valence-corrected chi connectivity index (χ2v) is 6.17. The number of hydrogen-bond acceptors (Lipinski definition) is 9. The summed E-state index contributed by atoms with van der Waals surface area (Å²) in [4.78, 5) is 20.7. The summed E-state index contributed by atoms with van der Waals surface area (Å²) >= 11 is 4.12. The van der Waals surface area contributed by atoms with E-state index in [9.17, 15) is 9.59 Å². The minimum absolute atomic E-state index is 0.420. The highest BCUT2D eigenvalue weighted by atomic mass is 32.2. The molecule has 4 amide bonds. The Kier molecular flexibility index (Phi) is 7.27. The van der Waals surface area contributed by atoms with Gasteiger partial charge in [-0.2, -0.15) is 0 Å². The maximum Gasteiger partial charge on any atom is 0.326 e. The first-order chi connectivity index (χ1) is 9.08. The molecule has 0 bridgehead atoms. The number of nitrogens with one attached hydrogen (secondary N) is 4. The van der Waals surface area contributed by atoms with Gasteiger partial charge >= 0.3 is 12.1 Å². The Morgan fingerprint density at radius 3 is 1.79 bits per heavy atom. The van der Waals surface area contributed by atoms with E-state index in [2.05, 4.69) is 31.9 Å². The van der Waals surface area contributed by atoms with Gasteiger partial charge in [0.2, 0.25) is 0 Å². The van der Waals surface area contributed by atoms with E-state index in [-0.39, 0.29) is 0 Å². The second-order valence-electron chi connectivity index (χ2n) is 2.74. The lowest BCUT2D eigenvalue weighted by molar-refractivity contribution is 0.245. The number of thioether (sulfide) groups is 2. The van der Waals surface area contributed by atoms with E-state index in [0.29, 0.717) is 11.8 Å². The van der Waals surface area contributed by atoms with Gasteiger partial charge in [-0.25, -0.2) is 20.4 Å². The van der Waals surface area contributed by atoms with E-state index < -0.39 is 12.1 Å². The fraction of sp³-hybridized carbons (Fsp3) is 0.333. The van der Waals surface area contributed by atoms with Gasteiger partial charge in [0.05, 0.1) is 11.8 Å². The molecule has 0 aromatic carbocycles. The van der Waals surface area contributed by atoms with Crippen molar-refractivity contribution in [2.75, 3.05) is 11.8 Å². The zero-order valence-corrected chi connectivity index (χ0v) is 12.0. The average molecular weight is 324 g/mol. The summed E-state index contributed by atoms with van der Waals surface area (Å²) in [5, 5.41) is 7.87. The van der Waals surface area contributed by atoms with Gasteiger partial charge in [0.25, 0.3) is 0 Å². The SMILES string of the molecule is NC(=O)NNCSc1nnc(SCNNC(N)=O)s1. The van der Waals surface area contributed by atoms with Crippen molar-refractivity contribution in [3.8, 4) is 0 Å². The van der Waals surface area contributed by atoms with E-state index in [1.54, 1.807) is 0 Å². The summed E-state index contributed by atoms with van der Waals surface area (Å²) < 4.78 is 1.48. The Morgan fingerprint density at radius 2 is 1.42 bits per heavy atom. The lowest BCUT2D eigenvalue weighted by Gasteiger charge is -2.01. The Bertz CT molecular complexity index is 390. The fourth-order valence-corrected chi connectivity index (χ4v) is 3.26. The number of hydrogen-bond donors (Lipinski definition) is 6. The number of nitrogens with zero attached hydrogens (tertiary/aromatic N) is 2. The molecule has 0 aliphatic rings. The number of aromatic nitrogens is 2. The smallest absolute Gasteiger partial charge is 0.326 e. The normalized spacial score (nSPS) is 10.1. The molecule has 0 atom stereocenters. The van der Waals surface area contributed by atoms with Gasteiger partial charge in [0.1, 0.15) is 0 Å². The molecule has 0 fully saturated rings. The van der Waals surface area contributed by atoms with E-state index >= 15 is 0 Å². The van der Waals surface area contributed by atoms with Crippen LogP contribution in [0.2, 0.25) is 0 Å². The van der Waals surface area contributed by atoms with Crippen molar-refractivity contribution in [1.29, 1.82) is 0 Å². The van der Waals surface area contributed by atoms with Crippen LogP contribution in [-0.4, -0.2) is 34.0 Å². The maximum atomic E-state index is 10.4. The first kappa shape index (κ1) is 15.8. The third-order valence-electron chi connectivity index (χ3n) is 1.35. The van der Waals surface area contributed by atoms with E-state index in [4.69, 9.17) is 11.5 Å². The van der Waals surface area contributed by atoms with Gasteiger partial charge in [-0.1, -0.05) is 34.9 Å². The van der Waals surface area contributed by atoms with Gasteiger partial charge in [-0.05, 0) is 0 Å².